The minimum absolute atomic E-state index is 0.108. The van der Waals surface area contributed by atoms with E-state index in [4.69, 9.17) is 4.52 Å². The maximum atomic E-state index is 12.9. The topological polar surface area (TPSA) is 59.2 Å². The molecule has 1 aromatic heterocycles. The molecule has 2 aromatic carbocycles. The summed E-state index contributed by atoms with van der Waals surface area (Å²) in [5, 5.41) is 4.06. The van der Waals surface area contributed by atoms with E-state index in [1.165, 1.54) is 11.0 Å². The quantitative estimate of drug-likeness (QED) is 0.609. The third-order valence-corrected chi connectivity index (χ3v) is 5.27. The Balaban J connectivity index is 1.49. The molecule has 5 nitrogen and oxygen atoms in total. The Labute approximate surface area is 171 Å². The average Bonchev–Trinajstić information content (AvgIpc) is 3.31. The first-order valence-electron chi connectivity index (χ1n) is 9.56. The normalized spacial score (nSPS) is 17.0. The number of nitrogens with zero attached hydrogens (tertiary/aromatic N) is 3. The molecule has 1 saturated heterocycles. The summed E-state index contributed by atoms with van der Waals surface area (Å²) in [7, 11) is 0. The SMILES string of the molecule is Cc1ccc(C)c(-c2noc(C3CC(=O)N(Cc4cccc(C(F)(F)F)c4)C3)n2)c1. The lowest BCUT2D eigenvalue weighted by Crippen LogP contribution is -2.24. The van der Waals surface area contributed by atoms with E-state index in [-0.39, 0.29) is 24.8 Å². The summed E-state index contributed by atoms with van der Waals surface area (Å²) in [6.45, 7) is 4.37. The highest BCUT2D eigenvalue weighted by molar-refractivity contribution is 5.79. The van der Waals surface area contributed by atoms with Crippen molar-refractivity contribution < 1.29 is 22.5 Å². The van der Waals surface area contributed by atoms with Gasteiger partial charge in [0.15, 0.2) is 0 Å². The monoisotopic (exact) mass is 415 g/mol. The zero-order chi connectivity index (χ0) is 21.5. The fourth-order valence-corrected chi connectivity index (χ4v) is 3.64. The summed E-state index contributed by atoms with van der Waals surface area (Å²) in [4.78, 5) is 18.4. The molecular formula is C22H20F3N3O2. The summed E-state index contributed by atoms with van der Waals surface area (Å²) in [5.41, 5.74) is 2.67. The van der Waals surface area contributed by atoms with Gasteiger partial charge in [0.2, 0.25) is 17.6 Å². The lowest BCUT2D eigenvalue weighted by atomic mass is 10.1. The molecule has 0 radical (unpaired) electrons. The van der Waals surface area contributed by atoms with E-state index in [0.29, 0.717) is 23.8 Å². The second-order valence-corrected chi connectivity index (χ2v) is 7.65. The summed E-state index contributed by atoms with van der Waals surface area (Å²) in [5.74, 6) is 0.402. The summed E-state index contributed by atoms with van der Waals surface area (Å²) >= 11 is 0. The molecule has 1 aliphatic rings. The van der Waals surface area contributed by atoms with Crippen LogP contribution >= 0.6 is 0 Å². The lowest BCUT2D eigenvalue weighted by molar-refractivity contribution is -0.137. The third kappa shape index (κ3) is 4.08. The van der Waals surface area contributed by atoms with Crippen molar-refractivity contribution in [3.8, 4) is 11.4 Å². The molecule has 0 saturated carbocycles. The maximum absolute atomic E-state index is 12.9. The first-order valence-corrected chi connectivity index (χ1v) is 9.56. The van der Waals surface area contributed by atoms with Crippen molar-refractivity contribution >= 4 is 5.91 Å². The number of halogens is 3. The van der Waals surface area contributed by atoms with Crippen LogP contribution in [0.25, 0.3) is 11.4 Å². The molecule has 30 heavy (non-hydrogen) atoms. The van der Waals surface area contributed by atoms with E-state index in [0.717, 1.165) is 28.8 Å². The van der Waals surface area contributed by atoms with Crippen molar-refractivity contribution in [1.29, 1.82) is 0 Å². The van der Waals surface area contributed by atoms with Gasteiger partial charge >= 0.3 is 6.18 Å². The number of likely N-dealkylation sites (tertiary alicyclic amines) is 1. The molecule has 0 spiro atoms. The van der Waals surface area contributed by atoms with Gasteiger partial charge in [0.1, 0.15) is 0 Å². The maximum Gasteiger partial charge on any atom is 0.416 e. The van der Waals surface area contributed by atoms with Crippen molar-refractivity contribution in [2.45, 2.75) is 38.9 Å². The van der Waals surface area contributed by atoms with Gasteiger partial charge in [-0.05, 0) is 43.2 Å². The van der Waals surface area contributed by atoms with E-state index in [2.05, 4.69) is 10.1 Å². The van der Waals surface area contributed by atoms with Gasteiger partial charge in [-0.1, -0.05) is 35.0 Å². The van der Waals surface area contributed by atoms with Gasteiger partial charge in [-0.15, -0.1) is 0 Å². The van der Waals surface area contributed by atoms with Crippen LogP contribution in [0.3, 0.4) is 0 Å². The third-order valence-electron chi connectivity index (χ3n) is 5.27. The molecule has 1 aliphatic heterocycles. The summed E-state index contributed by atoms with van der Waals surface area (Å²) < 4.78 is 44.2. The number of aryl methyl sites for hydroxylation is 2. The molecule has 4 rings (SSSR count). The Hall–Kier alpha value is -3.16. The van der Waals surface area contributed by atoms with Crippen LogP contribution in [0.5, 0.6) is 0 Å². The van der Waals surface area contributed by atoms with Crippen LogP contribution in [0, 0.1) is 13.8 Å². The number of benzene rings is 2. The smallest absolute Gasteiger partial charge is 0.339 e. The number of hydrogen-bond acceptors (Lipinski definition) is 4. The van der Waals surface area contributed by atoms with Gasteiger partial charge in [0.05, 0.1) is 11.5 Å². The van der Waals surface area contributed by atoms with Gasteiger partial charge in [-0.25, -0.2) is 0 Å². The highest BCUT2D eigenvalue weighted by Gasteiger charge is 2.35. The van der Waals surface area contributed by atoms with Crippen LogP contribution in [0.1, 0.15) is 40.5 Å². The zero-order valence-corrected chi connectivity index (χ0v) is 16.5. The summed E-state index contributed by atoms with van der Waals surface area (Å²) in [6, 6.07) is 11.0. The minimum Gasteiger partial charge on any atom is -0.339 e. The van der Waals surface area contributed by atoms with E-state index in [9.17, 15) is 18.0 Å². The fourth-order valence-electron chi connectivity index (χ4n) is 3.64. The second kappa shape index (κ2) is 7.59. The molecule has 1 unspecified atom stereocenters. The minimum atomic E-state index is -4.42. The standard InChI is InChI=1S/C22H20F3N3O2/c1-13-6-7-14(2)18(8-13)20-26-21(30-27-20)16-10-19(29)28(12-16)11-15-4-3-5-17(9-15)22(23,24)25/h3-9,16H,10-12H2,1-2H3. The average molecular weight is 415 g/mol. The van der Waals surface area contributed by atoms with E-state index < -0.39 is 11.7 Å². The summed E-state index contributed by atoms with van der Waals surface area (Å²) in [6.07, 6.45) is -4.23. The van der Waals surface area contributed by atoms with Gasteiger partial charge in [0, 0.05) is 25.1 Å². The predicted octanol–water partition coefficient (Wildman–Crippen LogP) is 4.89. The van der Waals surface area contributed by atoms with Gasteiger partial charge in [-0.3, -0.25) is 4.79 Å². The Morgan fingerprint density at radius 1 is 1.17 bits per heavy atom. The molecular weight excluding hydrogens is 395 g/mol. The number of aromatic nitrogens is 2. The van der Waals surface area contributed by atoms with Crippen LogP contribution in [-0.2, 0) is 17.5 Å². The molecule has 8 heteroatoms. The Morgan fingerprint density at radius 3 is 2.73 bits per heavy atom. The molecule has 0 N–H and O–H groups in total. The number of amides is 1. The number of rotatable bonds is 4. The lowest BCUT2D eigenvalue weighted by Gasteiger charge is -2.17. The number of hydrogen-bond donors (Lipinski definition) is 0. The van der Waals surface area contributed by atoms with Crippen LogP contribution in [0.15, 0.2) is 47.0 Å². The molecule has 0 bridgehead atoms. The van der Waals surface area contributed by atoms with E-state index in [1.807, 2.05) is 32.0 Å². The first-order chi connectivity index (χ1) is 14.2. The van der Waals surface area contributed by atoms with Crippen molar-refractivity contribution in [3.63, 3.8) is 0 Å². The Bertz CT molecular complexity index is 1090. The van der Waals surface area contributed by atoms with E-state index >= 15 is 0 Å². The van der Waals surface area contributed by atoms with Crippen LogP contribution in [0.2, 0.25) is 0 Å². The number of carbonyl (C=O) groups excluding carboxylic acids is 1. The molecule has 1 atom stereocenters. The largest absolute Gasteiger partial charge is 0.416 e. The molecule has 1 amide bonds. The van der Waals surface area contributed by atoms with Crippen molar-refractivity contribution in [1.82, 2.24) is 15.0 Å². The molecule has 2 heterocycles. The number of alkyl halides is 3. The van der Waals surface area contributed by atoms with Crippen LogP contribution in [0.4, 0.5) is 13.2 Å². The van der Waals surface area contributed by atoms with Gasteiger partial charge in [0.25, 0.3) is 0 Å². The van der Waals surface area contributed by atoms with Crippen LogP contribution in [-0.4, -0.2) is 27.5 Å². The van der Waals surface area contributed by atoms with Crippen molar-refractivity contribution in [2.75, 3.05) is 6.54 Å². The van der Waals surface area contributed by atoms with Gasteiger partial charge < -0.3 is 9.42 Å². The molecule has 0 aliphatic carbocycles. The first kappa shape index (κ1) is 20.1. The van der Waals surface area contributed by atoms with E-state index in [1.54, 1.807) is 6.07 Å². The second-order valence-electron chi connectivity index (χ2n) is 7.65. The van der Waals surface area contributed by atoms with Crippen LogP contribution < -0.4 is 0 Å². The molecule has 156 valence electrons. The highest BCUT2D eigenvalue weighted by atomic mass is 19.4. The fraction of sp³-hybridized carbons (Fsp3) is 0.318. The Morgan fingerprint density at radius 2 is 1.97 bits per heavy atom. The van der Waals surface area contributed by atoms with Crippen molar-refractivity contribution in [2.24, 2.45) is 0 Å². The molecule has 3 aromatic rings. The molecule has 1 fully saturated rings. The van der Waals surface area contributed by atoms with Crippen molar-refractivity contribution in [3.05, 3.63) is 70.6 Å². The zero-order valence-electron chi connectivity index (χ0n) is 16.5. The highest BCUT2D eigenvalue weighted by Crippen LogP contribution is 2.32. The predicted molar refractivity (Wildman–Crippen MR) is 103 cm³/mol. The Kier molecular flexibility index (Phi) is 5.09. The number of carbonyl (C=O) groups is 1. The van der Waals surface area contributed by atoms with Gasteiger partial charge in [-0.2, -0.15) is 18.2 Å².